The molecule has 1 fully saturated rings. The maximum Gasteiger partial charge on any atom is 0.265 e. The second kappa shape index (κ2) is 6.23. The van der Waals surface area contributed by atoms with Gasteiger partial charge >= 0.3 is 0 Å². The van der Waals surface area contributed by atoms with Crippen molar-refractivity contribution < 1.29 is 4.79 Å². The number of hydrogen-bond donors (Lipinski definition) is 0. The lowest BCUT2D eigenvalue weighted by Crippen LogP contribution is -2.48. The molecule has 2 aromatic heterocycles. The molecule has 2 aromatic rings. The lowest BCUT2D eigenvalue weighted by molar-refractivity contribution is 0.0751. The van der Waals surface area contributed by atoms with Gasteiger partial charge in [-0.15, -0.1) is 11.3 Å². The molecule has 1 aliphatic rings. The van der Waals surface area contributed by atoms with Crippen molar-refractivity contribution in [2.75, 3.05) is 31.1 Å². The molecular formula is C16H21N5OS. The van der Waals surface area contributed by atoms with Gasteiger partial charge < -0.3 is 9.80 Å². The SMILES string of the molecule is CC(C)(C)c1ncc(C(=O)N2CCN(c3cnccn3)CC2)s1. The molecule has 1 saturated heterocycles. The third-order valence-corrected chi connectivity index (χ3v) is 5.21. The molecule has 0 unspecified atom stereocenters. The van der Waals surface area contributed by atoms with Gasteiger partial charge in [-0.2, -0.15) is 0 Å². The van der Waals surface area contributed by atoms with Gasteiger partial charge in [0.25, 0.3) is 5.91 Å². The summed E-state index contributed by atoms with van der Waals surface area (Å²) in [5.74, 6) is 0.948. The van der Waals surface area contributed by atoms with E-state index in [0.29, 0.717) is 13.1 Å². The summed E-state index contributed by atoms with van der Waals surface area (Å²) in [5, 5.41) is 0.999. The Morgan fingerprint density at radius 1 is 1.09 bits per heavy atom. The van der Waals surface area contributed by atoms with Crippen LogP contribution in [0.4, 0.5) is 5.82 Å². The van der Waals surface area contributed by atoms with Crippen LogP contribution in [0.15, 0.2) is 24.8 Å². The Morgan fingerprint density at radius 3 is 2.39 bits per heavy atom. The van der Waals surface area contributed by atoms with E-state index in [-0.39, 0.29) is 11.3 Å². The van der Waals surface area contributed by atoms with Crippen LogP contribution in [0, 0.1) is 0 Å². The number of piperazine rings is 1. The first-order chi connectivity index (χ1) is 10.9. The normalized spacial score (nSPS) is 15.8. The van der Waals surface area contributed by atoms with Crippen LogP contribution in [-0.2, 0) is 5.41 Å². The van der Waals surface area contributed by atoms with Gasteiger partial charge in [-0.3, -0.25) is 9.78 Å². The predicted molar refractivity (Wildman–Crippen MR) is 91.0 cm³/mol. The van der Waals surface area contributed by atoms with Crippen molar-refractivity contribution in [3.8, 4) is 0 Å². The molecule has 0 atom stereocenters. The standard InChI is InChI=1S/C16H21N5OS/c1-16(2,3)15-19-10-12(23-15)14(22)21-8-6-20(7-9-21)13-11-17-4-5-18-13/h4-5,10-11H,6-9H2,1-3H3. The number of rotatable bonds is 2. The molecule has 3 rings (SSSR count). The molecule has 0 spiro atoms. The van der Waals surface area contributed by atoms with E-state index in [1.807, 2.05) is 4.90 Å². The summed E-state index contributed by atoms with van der Waals surface area (Å²) in [4.78, 5) is 30.2. The van der Waals surface area contributed by atoms with Gasteiger partial charge in [-0.25, -0.2) is 9.97 Å². The van der Waals surface area contributed by atoms with E-state index in [0.717, 1.165) is 28.8 Å². The number of thiazole rings is 1. The molecule has 0 radical (unpaired) electrons. The average molecular weight is 331 g/mol. The molecule has 1 aliphatic heterocycles. The first-order valence-electron chi connectivity index (χ1n) is 7.72. The van der Waals surface area contributed by atoms with Gasteiger partial charge in [0.15, 0.2) is 0 Å². The van der Waals surface area contributed by atoms with Crippen LogP contribution in [-0.4, -0.2) is 51.9 Å². The van der Waals surface area contributed by atoms with E-state index >= 15 is 0 Å². The van der Waals surface area contributed by atoms with Gasteiger partial charge in [0.1, 0.15) is 10.7 Å². The Hall–Kier alpha value is -2.02. The summed E-state index contributed by atoms with van der Waals surface area (Å²) in [6.07, 6.45) is 6.83. The van der Waals surface area contributed by atoms with Crippen LogP contribution in [0.25, 0.3) is 0 Å². The summed E-state index contributed by atoms with van der Waals surface area (Å²) in [7, 11) is 0. The van der Waals surface area contributed by atoms with Crippen LogP contribution in [0.2, 0.25) is 0 Å². The number of hydrogen-bond acceptors (Lipinski definition) is 6. The summed E-state index contributed by atoms with van der Waals surface area (Å²) in [6, 6.07) is 0. The van der Waals surface area contributed by atoms with Gasteiger partial charge in [0.2, 0.25) is 0 Å². The second-order valence-corrected chi connectivity index (χ2v) is 7.65. The van der Waals surface area contributed by atoms with E-state index in [9.17, 15) is 4.79 Å². The van der Waals surface area contributed by atoms with E-state index in [1.165, 1.54) is 11.3 Å². The average Bonchev–Trinajstić information content (AvgIpc) is 3.05. The lowest BCUT2D eigenvalue weighted by atomic mass is 9.98. The smallest absolute Gasteiger partial charge is 0.265 e. The number of aromatic nitrogens is 3. The highest BCUT2D eigenvalue weighted by Gasteiger charge is 2.26. The number of carbonyl (C=O) groups is 1. The Labute approximate surface area is 140 Å². The van der Waals surface area contributed by atoms with Crippen LogP contribution in [0.3, 0.4) is 0 Å². The van der Waals surface area contributed by atoms with Gasteiger partial charge in [0, 0.05) is 44.0 Å². The van der Waals surface area contributed by atoms with Gasteiger partial charge in [-0.05, 0) is 0 Å². The van der Waals surface area contributed by atoms with Crippen molar-refractivity contribution in [2.45, 2.75) is 26.2 Å². The molecule has 0 bridgehead atoms. The Bertz CT molecular complexity index is 671. The number of anilines is 1. The highest BCUT2D eigenvalue weighted by atomic mass is 32.1. The lowest BCUT2D eigenvalue weighted by Gasteiger charge is -2.34. The second-order valence-electron chi connectivity index (χ2n) is 6.62. The van der Waals surface area contributed by atoms with E-state index < -0.39 is 0 Å². The molecule has 0 aromatic carbocycles. The first-order valence-corrected chi connectivity index (χ1v) is 8.53. The van der Waals surface area contributed by atoms with Crippen LogP contribution < -0.4 is 4.90 Å². The first kappa shape index (κ1) is 15.9. The fraction of sp³-hybridized carbons (Fsp3) is 0.500. The topological polar surface area (TPSA) is 62.2 Å². The van der Waals surface area contributed by atoms with Crippen LogP contribution >= 0.6 is 11.3 Å². The largest absolute Gasteiger partial charge is 0.352 e. The van der Waals surface area contributed by atoms with Gasteiger partial charge in [-0.1, -0.05) is 20.8 Å². The van der Waals surface area contributed by atoms with Gasteiger partial charge in [0.05, 0.1) is 17.4 Å². The number of carbonyl (C=O) groups excluding carboxylic acids is 1. The van der Waals surface area contributed by atoms with Crippen molar-refractivity contribution in [2.24, 2.45) is 0 Å². The summed E-state index contributed by atoms with van der Waals surface area (Å²) >= 11 is 1.50. The molecule has 0 N–H and O–H groups in total. The molecule has 1 amide bonds. The quantitative estimate of drug-likeness (QED) is 0.844. The third-order valence-electron chi connectivity index (χ3n) is 3.80. The third kappa shape index (κ3) is 3.50. The predicted octanol–water partition coefficient (Wildman–Crippen LogP) is 2.19. The van der Waals surface area contributed by atoms with Crippen molar-refractivity contribution in [3.63, 3.8) is 0 Å². The fourth-order valence-corrected chi connectivity index (χ4v) is 3.41. The zero-order valence-electron chi connectivity index (χ0n) is 13.7. The molecule has 122 valence electrons. The Morgan fingerprint density at radius 2 is 1.83 bits per heavy atom. The molecule has 0 aliphatic carbocycles. The van der Waals surface area contributed by atoms with E-state index in [4.69, 9.17) is 0 Å². The highest BCUT2D eigenvalue weighted by molar-refractivity contribution is 7.13. The minimum Gasteiger partial charge on any atom is -0.352 e. The molecule has 6 nitrogen and oxygen atoms in total. The maximum atomic E-state index is 12.6. The van der Waals surface area contributed by atoms with Crippen LogP contribution in [0.5, 0.6) is 0 Å². The minimum absolute atomic E-state index is 0.0200. The van der Waals surface area contributed by atoms with Crippen molar-refractivity contribution in [3.05, 3.63) is 34.7 Å². The zero-order valence-corrected chi connectivity index (χ0v) is 14.5. The fourth-order valence-electron chi connectivity index (χ4n) is 2.47. The van der Waals surface area contributed by atoms with Crippen molar-refractivity contribution in [1.82, 2.24) is 19.9 Å². The molecular weight excluding hydrogens is 310 g/mol. The number of amides is 1. The summed E-state index contributed by atoms with van der Waals surface area (Å²) < 4.78 is 0. The Balaban J connectivity index is 1.63. The highest BCUT2D eigenvalue weighted by Crippen LogP contribution is 2.27. The monoisotopic (exact) mass is 331 g/mol. The summed E-state index contributed by atoms with van der Waals surface area (Å²) in [6.45, 7) is 9.26. The van der Waals surface area contributed by atoms with Crippen molar-refractivity contribution in [1.29, 1.82) is 0 Å². The zero-order chi connectivity index (χ0) is 16.4. The van der Waals surface area contributed by atoms with E-state index in [1.54, 1.807) is 24.8 Å². The molecule has 7 heteroatoms. The molecule has 23 heavy (non-hydrogen) atoms. The molecule has 3 heterocycles. The van der Waals surface area contributed by atoms with Crippen LogP contribution in [0.1, 0.15) is 35.5 Å². The number of nitrogens with zero attached hydrogens (tertiary/aromatic N) is 5. The maximum absolute atomic E-state index is 12.6. The summed E-state index contributed by atoms with van der Waals surface area (Å²) in [5.41, 5.74) is -0.0200. The molecule has 0 saturated carbocycles. The van der Waals surface area contributed by atoms with Crippen molar-refractivity contribution >= 4 is 23.1 Å². The minimum atomic E-state index is -0.0200. The van der Waals surface area contributed by atoms with E-state index in [2.05, 4.69) is 40.6 Å². The Kier molecular flexibility index (Phi) is 4.30.